The van der Waals surface area contributed by atoms with Crippen LogP contribution in [-0.4, -0.2) is 58.1 Å². The minimum atomic E-state index is -3.78. The maximum atomic E-state index is 13.1. The number of ether oxygens (including phenoxy) is 2. The van der Waals surface area contributed by atoms with Crippen LogP contribution < -0.4 is 19.1 Å². The molecule has 0 saturated carbocycles. The van der Waals surface area contributed by atoms with Gasteiger partial charge in [-0.05, 0) is 86.8 Å². The number of para-hydroxylation sites is 2. The molecule has 1 N–H and O–H groups in total. The van der Waals surface area contributed by atoms with E-state index in [1.165, 1.54) is 0 Å². The van der Waals surface area contributed by atoms with Crippen molar-refractivity contribution in [1.82, 2.24) is 4.90 Å². The molecular weight excluding hydrogens is 502 g/mol. The fraction of sp³-hybridized carbons (Fsp3) is 0.345. The molecular formula is C29H33N3O5S. The Morgan fingerprint density at radius 3 is 2.39 bits per heavy atom. The molecule has 2 aliphatic rings. The van der Waals surface area contributed by atoms with E-state index in [9.17, 15) is 13.2 Å². The van der Waals surface area contributed by atoms with E-state index in [0.717, 1.165) is 35.6 Å². The van der Waals surface area contributed by atoms with Crippen LogP contribution in [0.5, 0.6) is 11.5 Å². The first-order chi connectivity index (χ1) is 18.1. The van der Waals surface area contributed by atoms with E-state index >= 15 is 0 Å². The first-order valence-corrected chi connectivity index (χ1v) is 14.3. The van der Waals surface area contributed by atoms with Crippen molar-refractivity contribution in [3.05, 3.63) is 77.9 Å². The smallest absolute Gasteiger partial charge is 0.261 e. The normalized spacial score (nSPS) is 16.8. The van der Waals surface area contributed by atoms with Crippen molar-refractivity contribution in [1.29, 1.82) is 0 Å². The molecule has 200 valence electrons. The highest BCUT2D eigenvalue weighted by atomic mass is 32.2. The summed E-state index contributed by atoms with van der Waals surface area (Å²) in [4.78, 5) is 17.3. The summed E-state index contributed by atoms with van der Waals surface area (Å²) in [6.45, 7) is 6.63. The Hall–Kier alpha value is -3.72. The molecule has 0 spiro atoms. The number of amides is 1. The summed E-state index contributed by atoms with van der Waals surface area (Å²) in [6.07, 6.45) is 1.58. The molecule has 5 rings (SSSR count). The molecule has 8 nitrogen and oxygen atoms in total. The monoisotopic (exact) mass is 535 g/mol. The number of nitrogens with one attached hydrogen (secondary N) is 1. The summed E-state index contributed by atoms with van der Waals surface area (Å²) in [6, 6.07) is 19.4. The van der Waals surface area contributed by atoms with Gasteiger partial charge in [0.15, 0.2) is 0 Å². The highest BCUT2D eigenvalue weighted by Crippen LogP contribution is 2.34. The zero-order chi connectivity index (χ0) is 26.9. The maximum Gasteiger partial charge on any atom is 0.261 e. The lowest BCUT2D eigenvalue weighted by molar-refractivity contribution is 0.0746. The van der Waals surface area contributed by atoms with Crippen LogP contribution in [-0.2, 0) is 16.4 Å². The molecule has 3 aromatic rings. The van der Waals surface area contributed by atoms with Crippen molar-refractivity contribution in [2.45, 2.75) is 37.2 Å². The summed E-state index contributed by atoms with van der Waals surface area (Å²) < 4.78 is 40.1. The van der Waals surface area contributed by atoms with Crippen LogP contribution in [0.25, 0.3) is 0 Å². The van der Waals surface area contributed by atoms with Crippen LogP contribution in [0.4, 0.5) is 11.4 Å². The van der Waals surface area contributed by atoms with Gasteiger partial charge in [0, 0.05) is 37.4 Å². The fourth-order valence-corrected chi connectivity index (χ4v) is 6.03. The molecule has 38 heavy (non-hydrogen) atoms. The number of fused-ring (bicyclic) bond motifs is 1. The number of carbonyl (C=O) groups excluding carboxylic acids is 1. The number of anilines is 2. The first-order valence-electron chi connectivity index (χ1n) is 12.8. The average Bonchev–Trinajstić information content (AvgIpc) is 2.92. The summed E-state index contributed by atoms with van der Waals surface area (Å²) in [7, 11) is -2.13. The third-order valence-corrected chi connectivity index (χ3v) is 8.48. The number of sulfonamides is 1. The van der Waals surface area contributed by atoms with E-state index in [0.29, 0.717) is 37.4 Å². The van der Waals surface area contributed by atoms with Gasteiger partial charge in [0.2, 0.25) is 0 Å². The van der Waals surface area contributed by atoms with E-state index in [2.05, 4.69) is 9.62 Å². The topological polar surface area (TPSA) is 88.2 Å². The Morgan fingerprint density at radius 1 is 0.974 bits per heavy atom. The Bertz CT molecular complexity index is 1430. The number of aryl methyl sites for hydroxylation is 1. The zero-order valence-corrected chi connectivity index (χ0v) is 22.8. The lowest BCUT2D eigenvalue weighted by Gasteiger charge is -2.36. The molecule has 1 saturated heterocycles. The van der Waals surface area contributed by atoms with Gasteiger partial charge in [0.05, 0.1) is 17.7 Å². The van der Waals surface area contributed by atoms with Crippen LogP contribution >= 0.6 is 0 Å². The summed E-state index contributed by atoms with van der Waals surface area (Å²) in [5.41, 5.74) is 2.58. The van der Waals surface area contributed by atoms with Gasteiger partial charge in [-0.2, -0.15) is 0 Å². The molecule has 2 aliphatic heterocycles. The van der Waals surface area contributed by atoms with Gasteiger partial charge in [-0.25, -0.2) is 8.42 Å². The highest BCUT2D eigenvalue weighted by Gasteiger charge is 2.28. The summed E-state index contributed by atoms with van der Waals surface area (Å²) in [5.74, 6) is 1.47. The van der Waals surface area contributed by atoms with Crippen LogP contribution in [0.2, 0.25) is 0 Å². The second-order valence-electron chi connectivity index (χ2n) is 10.3. The quantitative estimate of drug-likeness (QED) is 0.498. The largest absolute Gasteiger partial charge is 0.495 e. The Morgan fingerprint density at radius 2 is 1.68 bits per heavy atom. The van der Waals surface area contributed by atoms with Crippen molar-refractivity contribution < 1.29 is 22.7 Å². The summed E-state index contributed by atoms with van der Waals surface area (Å²) in [5, 5.41) is 0. The molecule has 3 aromatic carbocycles. The van der Waals surface area contributed by atoms with Crippen molar-refractivity contribution in [3.63, 3.8) is 0 Å². The fourth-order valence-electron chi connectivity index (χ4n) is 4.92. The van der Waals surface area contributed by atoms with Gasteiger partial charge in [-0.3, -0.25) is 9.52 Å². The van der Waals surface area contributed by atoms with E-state index < -0.39 is 10.0 Å². The number of piperazine rings is 1. The second kappa shape index (κ2) is 10.2. The molecule has 0 radical (unpaired) electrons. The Kier molecular flexibility index (Phi) is 6.96. The number of hydrogen-bond acceptors (Lipinski definition) is 6. The van der Waals surface area contributed by atoms with Gasteiger partial charge in [0.25, 0.3) is 15.9 Å². The lowest BCUT2D eigenvalue weighted by Crippen LogP contribution is -2.48. The zero-order valence-electron chi connectivity index (χ0n) is 21.9. The number of hydrogen-bond donors (Lipinski definition) is 1. The van der Waals surface area contributed by atoms with Crippen molar-refractivity contribution >= 4 is 27.3 Å². The van der Waals surface area contributed by atoms with Gasteiger partial charge in [0.1, 0.15) is 17.1 Å². The molecule has 0 aromatic heterocycles. The molecule has 0 atom stereocenters. The van der Waals surface area contributed by atoms with Crippen LogP contribution in [0.15, 0.2) is 71.6 Å². The van der Waals surface area contributed by atoms with Gasteiger partial charge in [-0.1, -0.05) is 12.1 Å². The van der Waals surface area contributed by atoms with E-state index in [1.807, 2.05) is 43.0 Å². The number of carbonyl (C=O) groups is 1. The van der Waals surface area contributed by atoms with E-state index in [-0.39, 0.29) is 16.4 Å². The third kappa shape index (κ3) is 5.43. The number of nitrogens with zero attached hydrogens (tertiary/aromatic N) is 2. The first kappa shape index (κ1) is 25.9. The second-order valence-corrected chi connectivity index (χ2v) is 11.9. The molecule has 0 aliphatic carbocycles. The third-order valence-electron chi connectivity index (χ3n) is 7.10. The number of methoxy groups -OCH3 is 1. The van der Waals surface area contributed by atoms with E-state index in [1.54, 1.807) is 49.6 Å². The van der Waals surface area contributed by atoms with Gasteiger partial charge in [-0.15, -0.1) is 0 Å². The maximum absolute atomic E-state index is 13.1. The van der Waals surface area contributed by atoms with Gasteiger partial charge < -0.3 is 19.3 Å². The predicted octanol–water partition coefficient (Wildman–Crippen LogP) is 4.56. The lowest BCUT2D eigenvalue weighted by atomic mass is 9.94. The van der Waals surface area contributed by atoms with Crippen molar-refractivity contribution in [3.8, 4) is 11.5 Å². The minimum Gasteiger partial charge on any atom is -0.495 e. The van der Waals surface area contributed by atoms with Crippen molar-refractivity contribution in [2.24, 2.45) is 0 Å². The minimum absolute atomic E-state index is 0.0725. The van der Waals surface area contributed by atoms with E-state index in [4.69, 9.17) is 9.47 Å². The predicted molar refractivity (Wildman–Crippen MR) is 148 cm³/mol. The molecule has 0 bridgehead atoms. The van der Waals surface area contributed by atoms with Crippen LogP contribution in [0.1, 0.15) is 36.2 Å². The summed E-state index contributed by atoms with van der Waals surface area (Å²) >= 11 is 0. The average molecular weight is 536 g/mol. The van der Waals surface area contributed by atoms with Crippen LogP contribution in [0, 0.1) is 0 Å². The SMILES string of the molecule is COc1ccccc1N1CCN(C(=O)c2ccc(NS(=O)(=O)c3ccc4c(c3)CCC(C)(C)O4)cc2)CC1. The molecule has 1 fully saturated rings. The Labute approximate surface area is 224 Å². The number of rotatable bonds is 6. The molecule has 0 unspecified atom stereocenters. The van der Waals surface area contributed by atoms with Crippen LogP contribution in [0.3, 0.4) is 0 Å². The molecule has 9 heteroatoms. The number of benzene rings is 3. The molecule has 2 heterocycles. The van der Waals surface area contributed by atoms with Gasteiger partial charge >= 0.3 is 0 Å². The standard InChI is InChI=1S/C29H33N3O5S/c1-29(2)15-14-22-20-24(12-13-26(22)37-29)38(34,35)30-23-10-8-21(9-11-23)28(33)32-18-16-31(17-19-32)25-6-4-5-7-27(25)36-3/h4-13,20,30H,14-19H2,1-3H3. The molecule has 1 amide bonds. The van der Waals surface area contributed by atoms with Crippen molar-refractivity contribution in [2.75, 3.05) is 42.9 Å². The highest BCUT2D eigenvalue weighted by molar-refractivity contribution is 7.92. The Balaban J connectivity index is 1.21.